The number of hydrogen-bond donors (Lipinski definition) is 2. The van der Waals surface area contributed by atoms with Crippen molar-refractivity contribution in [2.45, 2.75) is 39.3 Å². The Morgan fingerprint density at radius 2 is 2.10 bits per heavy atom. The third-order valence-corrected chi connectivity index (χ3v) is 3.80. The Kier molecular flexibility index (Phi) is 6.16. The molecule has 2 N–H and O–H groups in total. The first-order valence-electron chi connectivity index (χ1n) is 6.55. The van der Waals surface area contributed by atoms with Crippen molar-refractivity contribution < 1.29 is 14.7 Å². The Labute approximate surface area is 123 Å². The zero-order chi connectivity index (χ0) is 15.2. The molecule has 0 aromatic carbocycles. The van der Waals surface area contributed by atoms with E-state index in [2.05, 4.69) is 5.32 Å². The van der Waals surface area contributed by atoms with E-state index in [-0.39, 0.29) is 24.4 Å². The van der Waals surface area contributed by atoms with E-state index in [0.717, 1.165) is 4.88 Å². The van der Waals surface area contributed by atoms with Crippen molar-refractivity contribution >= 4 is 23.2 Å². The second-order valence-electron chi connectivity index (χ2n) is 5.59. The van der Waals surface area contributed by atoms with Gasteiger partial charge in [-0.3, -0.25) is 14.5 Å². The molecule has 0 saturated carbocycles. The van der Waals surface area contributed by atoms with Crippen LogP contribution in [0.4, 0.5) is 0 Å². The van der Waals surface area contributed by atoms with Crippen LogP contribution < -0.4 is 5.32 Å². The zero-order valence-corrected chi connectivity index (χ0v) is 13.0. The van der Waals surface area contributed by atoms with Crippen LogP contribution >= 0.6 is 11.3 Å². The van der Waals surface area contributed by atoms with E-state index < -0.39 is 5.97 Å². The highest BCUT2D eigenvalue weighted by atomic mass is 32.1. The van der Waals surface area contributed by atoms with Crippen LogP contribution in [0.2, 0.25) is 0 Å². The van der Waals surface area contributed by atoms with Crippen LogP contribution in [0.1, 0.15) is 32.1 Å². The number of aliphatic carboxylic acids is 1. The number of thiophene rings is 1. The SMILES string of the molecule is CC(C)(C)N(CCC(=O)O)CC(=O)NCc1cccs1. The molecule has 0 atom stereocenters. The molecule has 112 valence electrons. The van der Waals surface area contributed by atoms with Gasteiger partial charge in [0.05, 0.1) is 19.5 Å². The molecule has 0 aliphatic carbocycles. The second kappa shape index (κ2) is 7.40. The first-order valence-corrected chi connectivity index (χ1v) is 7.43. The number of carbonyl (C=O) groups excluding carboxylic acids is 1. The number of rotatable bonds is 7. The van der Waals surface area contributed by atoms with Gasteiger partial charge in [0.2, 0.25) is 5.91 Å². The lowest BCUT2D eigenvalue weighted by Crippen LogP contribution is -2.47. The number of nitrogens with zero attached hydrogens (tertiary/aromatic N) is 1. The first kappa shape index (κ1) is 16.7. The van der Waals surface area contributed by atoms with E-state index in [0.29, 0.717) is 13.1 Å². The summed E-state index contributed by atoms with van der Waals surface area (Å²) in [6.07, 6.45) is 0.0372. The van der Waals surface area contributed by atoms with Gasteiger partial charge in [0.1, 0.15) is 0 Å². The lowest BCUT2D eigenvalue weighted by molar-refractivity contribution is -0.138. The van der Waals surface area contributed by atoms with Gasteiger partial charge in [0.25, 0.3) is 0 Å². The fourth-order valence-corrected chi connectivity index (χ4v) is 2.35. The quantitative estimate of drug-likeness (QED) is 0.807. The van der Waals surface area contributed by atoms with Gasteiger partial charge in [-0.05, 0) is 32.2 Å². The Morgan fingerprint density at radius 1 is 1.40 bits per heavy atom. The summed E-state index contributed by atoms with van der Waals surface area (Å²) in [5, 5.41) is 13.6. The Bertz CT molecular complexity index is 438. The van der Waals surface area contributed by atoms with Crippen molar-refractivity contribution in [3.05, 3.63) is 22.4 Å². The van der Waals surface area contributed by atoms with Gasteiger partial charge in [-0.15, -0.1) is 11.3 Å². The maximum absolute atomic E-state index is 11.9. The number of carboxylic acids is 1. The minimum atomic E-state index is -0.849. The molecular formula is C14H22N2O3S. The maximum Gasteiger partial charge on any atom is 0.304 e. The van der Waals surface area contributed by atoms with Crippen LogP contribution in [-0.4, -0.2) is 40.5 Å². The summed E-state index contributed by atoms with van der Waals surface area (Å²) < 4.78 is 0. The molecule has 5 nitrogen and oxygen atoms in total. The molecule has 0 aliphatic rings. The summed E-state index contributed by atoms with van der Waals surface area (Å²) in [5.74, 6) is -0.933. The third kappa shape index (κ3) is 6.16. The number of carboxylic acid groups (broad SMARTS) is 1. The summed E-state index contributed by atoms with van der Waals surface area (Å²) in [4.78, 5) is 25.6. The molecule has 1 rings (SSSR count). The van der Waals surface area contributed by atoms with Crippen LogP contribution in [0.5, 0.6) is 0 Å². The maximum atomic E-state index is 11.9. The van der Waals surface area contributed by atoms with Crippen molar-refractivity contribution in [1.82, 2.24) is 10.2 Å². The van der Waals surface area contributed by atoms with Crippen molar-refractivity contribution in [3.8, 4) is 0 Å². The van der Waals surface area contributed by atoms with E-state index in [1.807, 2.05) is 43.2 Å². The molecule has 0 saturated heterocycles. The first-order chi connectivity index (χ1) is 9.29. The van der Waals surface area contributed by atoms with Gasteiger partial charge in [0, 0.05) is 17.0 Å². The highest BCUT2D eigenvalue weighted by Gasteiger charge is 2.23. The molecule has 1 heterocycles. The standard InChI is InChI=1S/C14H22N2O3S/c1-14(2,3)16(7-6-13(18)19)10-12(17)15-9-11-5-4-8-20-11/h4-5,8H,6-7,9-10H2,1-3H3,(H,15,17)(H,18,19). The molecule has 0 fully saturated rings. The van der Waals surface area contributed by atoms with Crippen LogP contribution in [0.25, 0.3) is 0 Å². The van der Waals surface area contributed by atoms with Crippen LogP contribution in [-0.2, 0) is 16.1 Å². The van der Waals surface area contributed by atoms with Crippen molar-refractivity contribution in [1.29, 1.82) is 0 Å². The minimum absolute atomic E-state index is 0.0372. The molecule has 6 heteroatoms. The van der Waals surface area contributed by atoms with E-state index >= 15 is 0 Å². The monoisotopic (exact) mass is 298 g/mol. The second-order valence-corrected chi connectivity index (χ2v) is 6.62. The normalized spacial score (nSPS) is 11.6. The highest BCUT2D eigenvalue weighted by Crippen LogP contribution is 2.13. The Balaban J connectivity index is 2.47. The summed E-state index contributed by atoms with van der Waals surface area (Å²) in [6.45, 7) is 7.02. The highest BCUT2D eigenvalue weighted by molar-refractivity contribution is 7.09. The van der Waals surface area contributed by atoms with E-state index in [1.54, 1.807) is 11.3 Å². The molecular weight excluding hydrogens is 276 g/mol. The van der Waals surface area contributed by atoms with Crippen molar-refractivity contribution in [2.24, 2.45) is 0 Å². The fourth-order valence-electron chi connectivity index (χ4n) is 1.71. The molecule has 1 amide bonds. The summed E-state index contributed by atoms with van der Waals surface area (Å²) in [6, 6.07) is 3.91. The van der Waals surface area contributed by atoms with Crippen LogP contribution in [0.3, 0.4) is 0 Å². The number of amides is 1. The molecule has 0 aliphatic heterocycles. The van der Waals surface area contributed by atoms with E-state index in [1.165, 1.54) is 0 Å². The Morgan fingerprint density at radius 3 is 2.60 bits per heavy atom. The Hall–Kier alpha value is -1.40. The minimum Gasteiger partial charge on any atom is -0.481 e. The average Bonchev–Trinajstić information content (AvgIpc) is 2.83. The average molecular weight is 298 g/mol. The van der Waals surface area contributed by atoms with Crippen molar-refractivity contribution in [3.63, 3.8) is 0 Å². The lowest BCUT2D eigenvalue weighted by atomic mass is 10.1. The predicted octanol–water partition coefficient (Wildman–Crippen LogP) is 1.94. The van der Waals surface area contributed by atoms with Gasteiger partial charge in [-0.25, -0.2) is 0 Å². The molecule has 0 spiro atoms. The van der Waals surface area contributed by atoms with Crippen LogP contribution in [0.15, 0.2) is 17.5 Å². The molecule has 1 aromatic rings. The van der Waals surface area contributed by atoms with Gasteiger partial charge in [-0.1, -0.05) is 6.07 Å². The molecule has 1 aromatic heterocycles. The fraction of sp³-hybridized carbons (Fsp3) is 0.571. The van der Waals surface area contributed by atoms with Gasteiger partial charge in [-0.2, -0.15) is 0 Å². The van der Waals surface area contributed by atoms with Gasteiger partial charge < -0.3 is 10.4 Å². The van der Waals surface area contributed by atoms with E-state index in [9.17, 15) is 9.59 Å². The zero-order valence-electron chi connectivity index (χ0n) is 12.2. The smallest absolute Gasteiger partial charge is 0.304 e. The number of hydrogen-bond acceptors (Lipinski definition) is 4. The summed E-state index contributed by atoms with van der Waals surface area (Å²) in [7, 11) is 0. The van der Waals surface area contributed by atoms with Gasteiger partial charge >= 0.3 is 5.97 Å². The van der Waals surface area contributed by atoms with Crippen LogP contribution in [0, 0.1) is 0 Å². The van der Waals surface area contributed by atoms with Gasteiger partial charge in [0.15, 0.2) is 0 Å². The summed E-state index contributed by atoms with van der Waals surface area (Å²) in [5.41, 5.74) is -0.240. The molecule has 0 bridgehead atoms. The predicted molar refractivity (Wildman–Crippen MR) is 79.7 cm³/mol. The summed E-state index contributed by atoms with van der Waals surface area (Å²) >= 11 is 1.60. The number of nitrogens with one attached hydrogen (secondary N) is 1. The largest absolute Gasteiger partial charge is 0.481 e. The van der Waals surface area contributed by atoms with E-state index in [4.69, 9.17) is 5.11 Å². The number of carbonyl (C=O) groups is 2. The van der Waals surface area contributed by atoms with Crippen molar-refractivity contribution in [2.75, 3.05) is 13.1 Å². The molecule has 20 heavy (non-hydrogen) atoms. The molecule has 0 radical (unpaired) electrons. The lowest BCUT2D eigenvalue weighted by Gasteiger charge is -2.34. The topological polar surface area (TPSA) is 69.6 Å². The third-order valence-electron chi connectivity index (χ3n) is 2.92. The molecule has 0 unspecified atom stereocenters.